The Morgan fingerprint density at radius 2 is 0.523 bits per heavy atom. The van der Waals surface area contributed by atoms with Crippen molar-refractivity contribution < 1.29 is 42.9 Å². The Bertz CT molecular complexity index is 2870. The summed E-state index contributed by atoms with van der Waals surface area (Å²) in [5.74, 6) is 4.54. The molecule has 0 aliphatic heterocycles. The van der Waals surface area contributed by atoms with Gasteiger partial charge in [-0.05, 0) is 144 Å². The maximum absolute atomic E-state index is 11.4. The van der Waals surface area contributed by atoms with Gasteiger partial charge in [0.25, 0.3) is 0 Å². The van der Waals surface area contributed by atoms with Gasteiger partial charge in [-0.2, -0.15) is 0 Å². The molecule has 6 N–H and O–H groups in total. The maximum Gasteiger partial charge on any atom is 0.331 e. The third-order valence-electron chi connectivity index (χ3n) is 16.0. The van der Waals surface area contributed by atoms with E-state index in [1.807, 2.05) is 127 Å². The Balaban J connectivity index is 0.000000166. The largest absolute Gasteiger partial charge is 0.467 e. The molecule has 6 saturated carbocycles. The Labute approximate surface area is 549 Å². The van der Waals surface area contributed by atoms with Gasteiger partial charge >= 0.3 is 5.97 Å². The van der Waals surface area contributed by atoms with Gasteiger partial charge in [0, 0.05) is 114 Å². The maximum atomic E-state index is 11.4. The van der Waals surface area contributed by atoms with Gasteiger partial charge in [0.05, 0.1) is 7.11 Å². The number of esters is 1. The van der Waals surface area contributed by atoms with Crippen LogP contribution in [0.5, 0.6) is 0 Å². The topological polar surface area (TPSA) is 192 Å². The zero-order valence-corrected chi connectivity index (χ0v) is 55.2. The molecule has 88 heavy (non-hydrogen) atoms. The highest BCUT2D eigenvalue weighted by Crippen LogP contribution is 2.53. The molecule has 0 saturated heterocycles. The van der Waals surface area contributed by atoms with Crippen LogP contribution in [0.25, 0.3) is 0 Å². The summed E-state index contributed by atoms with van der Waals surface area (Å²) in [4.78, 5) is 44.3. The number of halogens is 6. The fourth-order valence-corrected chi connectivity index (χ4v) is 12.3. The zero-order valence-electron chi connectivity index (χ0n) is 50.7. The fraction of sp³-hybridized carbons (Fsp3) is 0.429. The first-order chi connectivity index (χ1) is 42.3. The second-order valence-corrected chi connectivity index (χ2v) is 25.4. The van der Waals surface area contributed by atoms with Crippen molar-refractivity contribution >= 4 is 92.9 Å². The summed E-state index contributed by atoms with van der Waals surface area (Å²) < 4.78 is 23.1. The highest BCUT2D eigenvalue weighted by atomic mass is 35.5. The van der Waals surface area contributed by atoms with E-state index >= 15 is 0 Å². The smallest absolute Gasteiger partial charge is 0.331 e. The molecule has 0 heterocycles. The molecule has 6 aromatic rings. The predicted molar refractivity (Wildman–Crippen MR) is 356 cm³/mol. The van der Waals surface area contributed by atoms with Crippen LogP contribution >= 0.6 is 69.6 Å². The lowest BCUT2D eigenvalue weighted by atomic mass is 10.1. The molecule has 6 aliphatic carbocycles. The van der Waals surface area contributed by atoms with Gasteiger partial charge in [-0.3, -0.25) is 14.4 Å². The Kier molecular flexibility index (Phi) is 30.4. The summed E-state index contributed by atoms with van der Waals surface area (Å²) in [7, 11) is 7.42. The molecule has 12 rings (SSSR count). The van der Waals surface area contributed by atoms with E-state index in [4.69, 9.17) is 101 Å². The van der Waals surface area contributed by atoms with E-state index in [1.165, 1.54) is 47.6 Å². The Morgan fingerprint density at radius 1 is 0.330 bits per heavy atom. The van der Waals surface area contributed by atoms with Crippen LogP contribution < -0.4 is 17.2 Å². The van der Waals surface area contributed by atoms with Crippen molar-refractivity contribution in [2.75, 3.05) is 62.0 Å². The van der Waals surface area contributed by atoms with Crippen molar-refractivity contribution in [2.24, 2.45) is 35.0 Å². The first kappa shape index (κ1) is 72.3. The third kappa shape index (κ3) is 24.1. The van der Waals surface area contributed by atoms with Crippen LogP contribution in [-0.2, 0) is 42.9 Å². The summed E-state index contributed by atoms with van der Waals surface area (Å²) in [5.41, 5.74) is 24.3. The minimum Gasteiger partial charge on any atom is -0.467 e. The molecule has 474 valence electrons. The fourth-order valence-electron chi connectivity index (χ4n) is 10.6. The lowest BCUT2D eigenvalue weighted by Gasteiger charge is -2.02. The second-order valence-electron chi connectivity index (χ2n) is 23.0. The molecule has 6 aliphatic rings. The number of benzene rings is 6. The normalized spacial score (nSPS) is 24.0. The van der Waals surface area contributed by atoms with Crippen molar-refractivity contribution in [3.05, 3.63) is 209 Å². The van der Waals surface area contributed by atoms with E-state index in [9.17, 15) is 19.2 Å². The number of ether oxygens (including phenoxy) is 5. The lowest BCUT2D eigenvalue weighted by Crippen LogP contribution is -2.07. The number of hydrogen-bond donors (Lipinski definition) is 3. The standard InChI is InChI=1S/3C13H15ClO2.3C9H10ClN.C4H8O3/c3*1-16-8-10(15)6-9-7-12(9)11-4-2-3-5-13(11)14;3*10-8-4-2-1-3-6(8)7-5-9(7)11;1-6-3-4(5)7-2/h3*2-5,9,12H,6-8H2,1H3;3*1-4,7,9H,5,11H2;3H2,1-2H3/t2*9-,12-;;2*7-,9+;;/m10.10../s1. The molecule has 0 aromatic heterocycles. The van der Waals surface area contributed by atoms with Crippen molar-refractivity contribution in [3.8, 4) is 0 Å². The minimum absolute atomic E-state index is 0.0382. The number of nitrogens with two attached hydrogens (primary N) is 3. The van der Waals surface area contributed by atoms with Crippen LogP contribution in [0.1, 0.15) is 127 Å². The van der Waals surface area contributed by atoms with Crippen LogP contribution in [0.15, 0.2) is 146 Å². The average molecular weight is 1320 g/mol. The van der Waals surface area contributed by atoms with Gasteiger partial charge in [-0.25, -0.2) is 4.79 Å². The first-order valence-electron chi connectivity index (χ1n) is 29.6. The molecule has 6 fully saturated rings. The summed E-state index contributed by atoms with van der Waals surface area (Å²) in [5, 5.41) is 5.00. The molecular weight excluding hydrogens is 1240 g/mol. The van der Waals surface area contributed by atoms with Crippen molar-refractivity contribution in [1.29, 1.82) is 0 Å². The number of Topliss-reactive ketones (excluding diaryl/α,β-unsaturated/α-hetero) is 3. The first-order valence-corrected chi connectivity index (χ1v) is 31.9. The monoisotopic (exact) mass is 1320 g/mol. The second kappa shape index (κ2) is 36.9. The van der Waals surface area contributed by atoms with Gasteiger partial charge < -0.3 is 40.9 Å². The summed E-state index contributed by atoms with van der Waals surface area (Å²) in [6.45, 7) is 0.722. The molecule has 0 spiro atoms. The average Bonchev–Trinajstić information content (AvgIpc) is 2.43. The van der Waals surface area contributed by atoms with Gasteiger partial charge in [0.2, 0.25) is 0 Å². The van der Waals surface area contributed by atoms with E-state index in [0.717, 1.165) is 68.7 Å². The van der Waals surface area contributed by atoms with Crippen molar-refractivity contribution in [3.63, 3.8) is 0 Å². The van der Waals surface area contributed by atoms with Gasteiger partial charge in [-0.15, -0.1) is 0 Å². The predicted octanol–water partition coefficient (Wildman–Crippen LogP) is 15.4. The number of carbonyl (C=O) groups is 4. The number of methoxy groups -OCH3 is 5. The van der Waals surface area contributed by atoms with E-state index in [0.29, 0.717) is 90.6 Å². The van der Waals surface area contributed by atoms with Crippen molar-refractivity contribution in [1.82, 2.24) is 0 Å². The molecule has 0 bridgehead atoms. The van der Waals surface area contributed by atoms with E-state index in [2.05, 4.69) is 27.7 Å². The highest BCUT2D eigenvalue weighted by Gasteiger charge is 2.43. The molecule has 12 nitrogen and oxygen atoms in total. The quantitative estimate of drug-likeness (QED) is 0.0614. The third-order valence-corrected chi connectivity index (χ3v) is 18.1. The van der Waals surface area contributed by atoms with Gasteiger partial charge in [-0.1, -0.05) is 179 Å². The molecule has 18 heteroatoms. The van der Waals surface area contributed by atoms with Gasteiger partial charge in [0.1, 0.15) is 26.4 Å². The summed E-state index contributed by atoms with van der Waals surface area (Å²) >= 11 is 36.2. The summed E-state index contributed by atoms with van der Waals surface area (Å²) in [6, 6.07) is 48.4. The van der Waals surface area contributed by atoms with Crippen LogP contribution in [0.3, 0.4) is 0 Å². The van der Waals surface area contributed by atoms with E-state index in [1.54, 1.807) is 21.3 Å². The Morgan fingerprint density at radius 3 is 0.682 bits per heavy atom. The zero-order chi connectivity index (χ0) is 63.9. The Hall–Kier alpha value is -4.74. The van der Waals surface area contributed by atoms with Crippen LogP contribution in [0, 0.1) is 17.8 Å². The number of hydrogen-bond acceptors (Lipinski definition) is 12. The van der Waals surface area contributed by atoms with Crippen molar-refractivity contribution in [2.45, 2.75) is 111 Å². The van der Waals surface area contributed by atoms with E-state index < -0.39 is 0 Å². The van der Waals surface area contributed by atoms with Crippen LogP contribution in [0.2, 0.25) is 30.1 Å². The molecule has 0 radical (unpaired) electrons. The highest BCUT2D eigenvalue weighted by molar-refractivity contribution is 6.33. The molecule has 6 aromatic carbocycles. The van der Waals surface area contributed by atoms with Crippen LogP contribution in [0.4, 0.5) is 0 Å². The number of carbonyl (C=O) groups excluding carboxylic acids is 4. The molecular formula is C70H83Cl6N3O9. The molecule has 4 unspecified atom stereocenters. The van der Waals surface area contributed by atoms with Crippen LogP contribution in [-0.4, -0.2) is 103 Å². The SMILES string of the molecule is COCC(=O)CC1CC1c1ccccc1Cl.COCC(=O)C[C@@H]1C[C@H]1c1ccccc1Cl.COCC(=O)C[C@H]1C[C@@H]1c1ccccc1Cl.COCC(=O)OC.NC1CC1c1ccccc1Cl.N[C@@H]1C[C@H]1c1ccccc1Cl.N[C@H]1C[C@@H]1c1ccccc1Cl. The van der Waals surface area contributed by atoms with Gasteiger partial charge in [0.15, 0.2) is 17.3 Å². The molecule has 0 amide bonds. The minimum atomic E-state index is -0.345. The number of ketones is 3. The lowest BCUT2D eigenvalue weighted by molar-refractivity contribution is -0.144. The molecule has 12 atom stereocenters. The number of rotatable bonds is 20. The van der Waals surface area contributed by atoms with E-state index in [-0.39, 0.29) is 49.7 Å². The summed E-state index contributed by atoms with van der Waals surface area (Å²) in [6.07, 6.45) is 8.31.